The number of rotatable bonds is 3. The highest BCUT2D eigenvalue weighted by Crippen LogP contribution is 2.22. The van der Waals surface area contributed by atoms with Gasteiger partial charge in [0.15, 0.2) is 0 Å². The molecule has 0 aliphatic heterocycles. The molecule has 1 aliphatic carbocycles. The lowest BCUT2D eigenvalue weighted by molar-refractivity contribution is 0.0932. The molecular formula is C14H17F3N2O. The molecule has 1 aliphatic rings. The van der Waals surface area contributed by atoms with E-state index in [1.54, 1.807) is 0 Å². The normalized spacial score (nSPS) is 22.6. The Bertz CT molecular complexity index is 484. The van der Waals surface area contributed by atoms with Crippen molar-refractivity contribution in [2.75, 3.05) is 6.54 Å². The second-order valence-corrected chi connectivity index (χ2v) is 5.16. The van der Waals surface area contributed by atoms with Crippen LogP contribution in [0, 0.1) is 23.4 Å². The molecular weight excluding hydrogens is 269 g/mol. The van der Waals surface area contributed by atoms with Crippen molar-refractivity contribution in [2.45, 2.75) is 31.7 Å². The first-order chi connectivity index (χ1) is 9.49. The van der Waals surface area contributed by atoms with Crippen LogP contribution >= 0.6 is 0 Å². The van der Waals surface area contributed by atoms with Crippen LogP contribution in [-0.2, 0) is 0 Å². The Kier molecular flexibility index (Phi) is 4.65. The van der Waals surface area contributed by atoms with Crippen molar-refractivity contribution in [1.82, 2.24) is 5.32 Å². The Morgan fingerprint density at radius 3 is 2.40 bits per heavy atom. The first kappa shape index (κ1) is 14.8. The number of nitrogens with one attached hydrogen (secondary N) is 1. The van der Waals surface area contributed by atoms with Gasteiger partial charge < -0.3 is 11.1 Å². The van der Waals surface area contributed by atoms with E-state index < -0.39 is 28.9 Å². The summed E-state index contributed by atoms with van der Waals surface area (Å²) in [5, 5.41) is 2.48. The number of benzene rings is 1. The molecule has 0 radical (unpaired) electrons. The van der Waals surface area contributed by atoms with Crippen molar-refractivity contribution in [3.8, 4) is 0 Å². The Morgan fingerprint density at radius 1 is 1.20 bits per heavy atom. The number of carbonyl (C=O) groups excluding carboxylic acids is 1. The number of hydrogen-bond acceptors (Lipinski definition) is 2. The molecule has 2 rings (SSSR count). The number of nitrogens with two attached hydrogens (primary N) is 1. The summed E-state index contributed by atoms with van der Waals surface area (Å²) in [5.41, 5.74) is 5.18. The van der Waals surface area contributed by atoms with E-state index in [9.17, 15) is 18.0 Å². The molecule has 2 unspecified atom stereocenters. The van der Waals surface area contributed by atoms with Gasteiger partial charge in [-0.1, -0.05) is 12.8 Å². The molecule has 1 aromatic carbocycles. The lowest BCUT2D eigenvalue weighted by atomic mass is 9.85. The van der Waals surface area contributed by atoms with Gasteiger partial charge in [0.05, 0.1) is 0 Å². The zero-order valence-corrected chi connectivity index (χ0v) is 11.0. The Hall–Kier alpha value is -1.56. The van der Waals surface area contributed by atoms with E-state index in [1.807, 2.05) is 0 Å². The van der Waals surface area contributed by atoms with E-state index in [1.165, 1.54) is 0 Å². The van der Waals surface area contributed by atoms with Gasteiger partial charge in [0.25, 0.3) is 5.91 Å². The summed E-state index contributed by atoms with van der Waals surface area (Å²) in [6, 6.07) is 0.973. The van der Waals surface area contributed by atoms with Gasteiger partial charge in [-0.05, 0) is 18.8 Å². The maximum Gasteiger partial charge on any atom is 0.257 e. The molecule has 0 aromatic heterocycles. The summed E-state index contributed by atoms with van der Waals surface area (Å²) in [6.07, 6.45) is 3.87. The van der Waals surface area contributed by atoms with Crippen LogP contribution in [0.2, 0.25) is 0 Å². The quantitative estimate of drug-likeness (QED) is 0.896. The molecule has 1 fully saturated rings. The first-order valence-corrected chi connectivity index (χ1v) is 6.67. The lowest BCUT2D eigenvalue weighted by Crippen LogP contribution is -2.41. The van der Waals surface area contributed by atoms with Crippen LogP contribution < -0.4 is 11.1 Å². The van der Waals surface area contributed by atoms with Crippen LogP contribution in [0.5, 0.6) is 0 Å². The predicted octanol–water partition coefficient (Wildman–Crippen LogP) is 2.35. The largest absolute Gasteiger partial charge is 0.352 e. The maximum absolute atomic E-state index is 13.4. The number of hydrogen-bond donors (Lipinski definition) is 2. The van der Waals surface area contributed by atoms with Gasteiger partial charge in [-0.2, -0.15) is 0 Å². The molecule has 1 amide bonds. The Morgan fingerprint density at radius 2 is 1.80 bits per heavy atom. The van der Waals surface area contributed by atoms with Crippen molar-refractivity contribution in [3.05, 3.63) is 35.1 Å². The fourth-order valence-corrected chi connectivity index (χ4v) is 2.56. The smallest absolute Gasteiger partial charge is 0.257 e. The van der Waals surface area contributed by atoms with E-state index in [4.69, 9.17) is 5.73 Å². The van der Waals surface area contributed by atoms with E-state index in [2.05, 4.69) is 5.32 Å². The fourth-order valence-electron chi connectivity index (χ4n) is 2.56. The molecule has 0 spiro atoms. The van der Waals surface area contributed by atoms with E-state index in [0.29, 0.717) is 12.1 Å². The predicted molar refractivity (Wildman–Crippen MR) is 68.6 cm³/mol. The minimum absolute atomic E-state index is 0.00744. The highest BCUT2D eigenvalue weighted by Gasteiger charge is 2.24. The number of amides is 1. The molecule has 0 bridgehead atoms. The van der Waals surface area contributed by atoms with Crippen LogP contribution in [0.1, 0.15) is 36.0 Å². The number of halogens is 3. The van der Waals surface area contributed by atoms with Crippen LogP contribution in [0.25, 0.3) is 0 Å². The third kappa shape index (κ3) is 3.30. The molecule has 20 heavy (non-hydrogen) atoms. The maximum atomic E-state index is 13.4. The topological polar surface area (TPSA) is 55.1 Å². The lowest BCUT2D eigenvalue weighted by Gasteiger charge is -2.28. The standard InChI is InChI=1S/C14H17F3N2O/c15-9-5-10(16)13(11(17)6-9)14(20)19-7-8-3-1-2-4-12(8)18/h5-6,8,12H,1-4,7,18H2,(H,19,20). The molecule has 0 heterocycles. The Balaban J connectivity index is 2.02. The average molecular weight is 286 g/mol. The molecule has 6 heteroatoms. The van der Waals surface area contributed by atoms with Gasteiger partial charge in [0.1, 0.15) is 23.0 Å². The number of carbonyl (C=O) groups is 1. The summed E-state index contributed by atoms with van der Waals surface area (Å²) in [6.45, 7) is 0.274. The van der Waals surface area contributed by atoms with Crippen LogP contribution in [0.4, 0.5) is 13.2 Å². The van der Waals surface area contributed by atoms with Crippen molar-refractivity contribution in [1.29, 1.82) is 0 Å². The molecule has 3 N–H and O–H groups in total. The zero-order chi connectivity index (χ0) is 14.7. The summed E-state index contributed by atoms with van der Waals surface area (Å²) < 4.78 is 39.6. The van der Waals surface area contributed by atoms with Crippen LogP contribution in [-0.4, -0.2) is 18.5 Å². The minimum Gasteiger partial charge on any atom is -0.352 e. The monoisotopic (exact) mass is 286 g/mol. The highest BCUT2D eigenvalue weighted by atomic mass is 19.1. The van der Waals surface area contributed by atoms with E-state index >= 15 is 0 Å². The summed E-state index contributed by atoms with van der Waals surface area (Å²) in [7, 11) is 0. The van der Waals surface area contributed by atoms with Gasteiger partial charge in [-0.25, -0.2) is 13.2 Å². The fraction of sp³-hybridized carbons (Fsp3) is 0.500. The van der Waals surface area contributed by atoms with Crippen LogP contribution in [0.15, 0.2) is 12.1 Å². The van der Waals surface area contributed by atoms with Gasteiger partial charge in [-0.15, -0.1) is 0 Å². The van der Waals surface area contributed by atoms with Gasteiger partial charge >= 0.3 is 0 Å². The second kappa shape index (κ2) is 6.26. The Labute approximate surface area is 115 Å². The van der Waals surface area contributed by atoms with Gasteiger partial charge in [0, 0.05) is 24.7 Å². The summed E-state index contributed by atoms with van der Waals surface area (Å²) >= 11 is 0. The van der Waals surface area contributed by atoms with E-state index in [0.717, 1.165) is 25.7 Å². The first-order valence-electron chi connectivity index (χ1n) is 6.67. The molecule has 110 valence electrons. The van der Waals surface area contributed by atoms with Gasteiger partial charge in [0.2, 0.25) is 0 Å². The zero-order valence-electron chi connectivity index (χ0n) is 11.0. The van der Waals surface area contributed by atoms with E-state index in [-0.39, 0.29) is 18.5 Å². The van der Waals surface area contributed by atoms with Crippen LogP contribution in [0.3, 0.4) is 0 Å². The van der Waals surface area contributed by atoms with Crippen molar-refractivity contribution in [2.24, 2.45) is 11.7 Å². The van der Waals surface area contributed by atoms with Crippen molar-refractivity contribution >= 4 is 5.91 Å². The molecule has 1 saturated carbocycles. The van der Waals surface area contributed by atoms with Crippen molar-refractivity contribution < 1.29 is 18.0 Å². The highest BCUT2D eigenvalue weighted by molar-refractivity contribution is 5.94. The SMILES string of the molecule is NC1CCCCC1CNC(=O)c1c(F)cc(F)cc1F. The molecule has 1 aromatic rings. The third-order valence-corrected chi connectivity index (χ3v) is 3.73. The molecule has 3 nitrogen and oxygen atoms in total. The summed E-state index contributed by atoms with van der Waals surface area (Å²) in [5.74, 6) is -4.22. The average Bonchev–Trinajstić information content (AvgIpc) is 2.36. The second-order valence-electron chi connectivity index (χ2n) is 5.16. The van der Waals surface area contributed by atoms with Crippen molar-refractivity contribution in [3.63, 3.8) is 0 Å². The molecule has 2 atom stereocenters. The summed E-state index contributed by atoms with van der Waals surface area (Å²) in [4.78, 5) is 11.8. The molecule has 0 saturated heterocycles. The van der Waals surface area contributed by atoms with Gasteiger partial charge in [-0.3, -0.25) is 4.79 Å². The minimum atomic E-state index is -1.20. The third-order valence-electron chi connectivity index (χ3n) is 3.73.